The topological polar surface area (TPSA) is 73.1 Å². The molecule has 20 heavy (non-hydrogen) atoms. The first-order valence-electron chi connectivity index (χ1n) is 6.31. The number of rotatable bonds is 5. The maximum absolute atomic E-state index is 5.99. The molecule has 0 saturated carbocycles. The van der Waals surface area contributed by atoms with E-state index in [9.17, 15) is 0 Å². The molecule has 3 N–H and O–H groups in total. The number of nitrogen functional groups attached to an aromatic ring is 1. The minimum atomic E-state index is 0.0105. The third kappa shape index (κ3) is 3.74. The number of hydrogen-bond acceptors (Lipinski definition) is 5. The molecule has 0 bridgehead atoms. The molecule has 0 fully saturated rings. The first kappa shape index (κ1) is 14.4. The zero-order chi connectivity index (χ0) is 14.5. The van der Waals surface area contributed by atoms with E-state index in [1.165, 1.54) is 6.33 Å². The second-order valence-corrected chi connectivity index (χ2v) is 5.02. The highest BCUT2D eigenvalue weighted by molar-refractivity contribution is 6.30. The Morgan fingerprint density at radius 3 is 2.60 bits per heavy atom. The van der Waals surface area contributed by atoms with Crippen molar-refractivity contribution in [3.8, 4) is 5.88 Å². The molecule has 2 aromatic rings. The maximum atomic E-state index is 5.99. The van der Waals surface area contributed by atoms with Crippen LogP contribution in [0.1, 0.15) is 19.4 Å². The minimum Gasteiger partial charge on any atom is -0.473 e. The summed E-state index contributed by atoms with van der Waals surface area (Å²) in [6, 6.07) is 7.57. The van der Waals surface area contributed by atoms with E-state index in [4.69, 9.17) is 22.1 Å². The Balaban J connectivity index is 2.07. The van der Waals surface area contributed by atoms with Gasteiger partial charge in [-0.15, -0.1) is 0 Å². The minimum absolute atomic E-state index is 0.0105. The predicted molar refractivity (Wildman–Crippen MR) is 81.0 cm³/mol. The fourth-order valence-electron chi connectivity index (χ4n) is 1.63. The zero-order valence-electron chi connectivity index (χ0n) is 11.4. The molecule has 0 unspecified atom stereocenters. The molecule has 0 aliphatic rings. The molecule has 0 spiro atoms. The SMILES string of the molecule is CC(C)Oc1ncnc(NCc2ccc(Cl)cc2)c1N. The van der Waals surface area contributed by atoms with Crippen LogP contribution in [-0.2, 0) is 6.54 Å². The van der Waals surface area contributed by atoms with Crippen molar-refractivity contribution in [3.63, 3.8) is 0 Å². The fourth-order valence-corrected chi connectivity index (χ4v) is 1.75. The standard InChI is InChI=1S/C14H17ClN4O/c1-9(2)20-14-12(16)13(18-8-19-14)17-7-10-3-5-11(15)6-4-10/h3-6,8-9H,7,16H2,1-2H3,(H,17,18,19). The summed E-state index contributed by atoms with van der Waals surface area (Å²) >= 11 is 5.85. The molecule has 0 aliphatic heterocycles. The third-order valence-corrected chi connectivity index (χ3v) is 2.82. The van der Waals surface area contributed by atoms with E-state index >= 15 is 0 Å². The van der Waals surface area contributed by atoms with Crippen LogP contribution in [0.25, 0.3) is 0 Å². The molecule has 6 heteroatoms. The predicted octanol–water partition coefficient (Wildman–Crippen LogP) is 3.11. The summed E-state index contributed by atoms with van der Waals surface area (Å²) in [6.45, 7) is 4.43. The second kappa shape index (κ2) is 6.43. The van der Waals surface area contributed by atoms with Crippen LogP contribution in [0.4, 0.5) is 11.5 Å². The molecule has 5 nitrogen and oxygen atoms in total. The van der Waals surface area contributed by atoms with E-state index in [2.05, 4.69) is 15.3 Å². The van der Waals surface area contributed by atoms with Gasteiger partial charge in [-0.05, 0) is 31.5 Å². The van der Waals surface area contributed by atoms with E-state index in [-0.39, 0.29) is 6.10 Å². The average molecular weight is 293 g/mol. The Kier molecular flexibility index (Phi) is 4.63. The molecule has 2 rings (SSSR count). The Bertz CT molecular complexity index is 572. The van der Waals surface area contributed by atoms with Crippen LogP contribution in [0.2, 0.25) is 5.02 Å². The summed E-state index contributed by atoms with van der Waals surface area (Å²) in [4.78, 5) is 8.16. The van der Waals surface area contributed by atoms with Gasteiger partial charge in [0.15, 0.2) is 5.82 Å². The van der Waals surface area contributed by atoms with E-state index in [1.807, 2.05) is 38.1 Å². The van der Waals surface area contributed by atoms with Crippen LogP contribution in [0.5, 0.6) is 5.88 Å². The first-order chi connectivity index (χ1) is 9.56. The highest BCUT2D eigenvalue weighted by atomic mass is 35.5. The van der Waals surface area contributed by atoms with E-state index in [0.29, 0.717) is 29.0 Å². The number of nitrogens with zero attached hydrogens (tertiary/aromatic N) is 2. The first-order valence-corrected chi connectivity index (χ1v) is 6.69. The Morgan fingerprint density at radius 2 is 1.95 bits per heavy atom. The molecule has 1 aromatic heterocycles. The van der Waals surface area contributed by atoms with Gasteiger partial charge >= 0.3 is 0 Å². The van der Waals surface area contributed by atoms with Crippen molar-refractivity contribution in [2.75, 3.05) is 11.1 Å². The fraction of sp³-hybridized carbons (Fsp3) is 0.286. The largest absolute Gasteiger partial charge is 0.473 e. The van der Waals surface area contributed by atoms with Crippen LogP contribution in [0.3, 0.4) is 0 Å². The molecular formula is C14H17ClN4O. The van der Waals surface area contributed by atoms with Crippen molar-refractivity contribution in [1.29, 1.82) is 0 Å². The van der Waals surface area contributed by atoms with Gasteiger partial charge in [-0.25, -0.2) is 4.98 Å². The molecule has 0 aliphatic carbocycles. The van der Waals surface area contributed by atoms with Gasteiger partial charge in [-0.3, -0.25) is 0 Å². The third-order valence-electron chi connectivity index (χ3n) is 2.57. The van der Waals surface area contributed by atoms with Crippen LogP contribution >= 0.6 is 11.6 Å². The van der Waals surface area contributed by atoms with Gasteiger partial charge in [0.25, 0.3) is 0 Å². The number of hydrogen-bond donors (Lipinski definition) is 2. The number of nitrogens with one attached hydrogen (secondary N) is 1. The summed E-state index contributed by atoms with van der Waals surface area (Å²) in [5, 5.41) is 3.87. The Morgan fingerprint density at radius 1 is 1.25 bits per heavy atom. The highest BCUT2D eigenvalue weighted by Crippen LogP contribution is 2.25. The van der Waals surface area contributed by atoms with Crippen molar-refractivity contribution >= 4 is 23.1 Å². The second-order valence-electron chi connectivity index (χ2n) is 4.59. The smallest absolute Gasteiger partial charge is 0.242 e. The van der Waals surface area contributed by atoms with Crippen LogP contribution in [-0.4, -0.2) is 16.1 Å². The molecule has 1 heterocycles. The molecule has 106 valence electrons. The van der Waals surface area contributed by atoms with Crippen molar-refractivity contribution < 1.29 is 4.74 Å². The molecule has 1 aromatic carbocycles. The van der Waals surface area contributed by atoms with Gasteiger partial charge in [0.1, 0.15) is 12.0 Å². The summed E-state index contributed by atoms with van der Waals surface area (Å²) in [7, 11) is 0. The zero-order valence-corrected chi connectivity index (χ0v) is 12.2. The van der Waals surface area contributed by atoms with Crippen molar-refractivity contribution in [2.24, 2.45) is 0 Å². The van der Waals surface area contributed by atoms with Gasteiger partial charge in [0.2, 0.25) is 5.88 Å². The number of ether oxygens (including phenoxy) is 1. The summed E-state index contributed by atoms with van der Waals surface area (Å²) < 4.78 is 5.52. The van der Waals surface area contributed by atoms with Gasteiger partial charge in [0.05, 0.1) is 6.10 Å². The van der Waals surface area contributed by atoms with Crippen molar-refractivity contribution in [2.45, 2.75) is 26.5 Å². The lowest BCUT2D eigenvalue weighted by Crippen LogP contribution is -2.11. The number of nitrogens with two attached hydrogens (primary N) is 1. The monoisotopic (exact) mass is 292 g/mol. The van der Waals surface area contributed by atoms with Crippen molar-refractivity contribution in [1.82, 2.24) is 9.97 Å². The maximum Gasteiger partial charge on any atom is 0.242 e. The van der Waals surface area contributed by atoms with Gasteiger partial charge in [0, 0.05) is 11.6 Å². The normalized spacial score (nSPS) is 10.6. The number of anilines is 2. The number of halogens is 1. The number of benzene rings is 1. The molecule has 0 radical (unpaired) electrons. The quantitative estimate of drug-likeness (QED) is 0.886. The number of aromatic nitrogens is 2. The Labute approximate surface area is 123 Å². The van der Waals surface area contributed by atoms with E-state index in [0.717, 1.165) is 5.56 Å². The molecule has 0 atom stereocenters. The van der Waals surface area contributed by atoms with Crippen molar-refractivity contribution in [3.05, 3.63) is 41.2 Å². The Hall–Kier alpha value is -2.01. The van der Waals surface area contributed by atoms with Crippen LogP contribution in [0, 0.1) is 0 Å². The van der Waals surface area contributed by atoms with Crippen LogP contribution < -0.4 is 15.8 Å². The molecular weight excluding hydrogens is 276 g/mol. The molecule has 0 amide bonds. The lowest BCUT2D eigenvalue weighted by Gasteiger charge is -2.13. The van der Waals surface area contributed by atoms with E-state index in [1.54, 1.807) is 0 Å². The lowest BCUT2D eigenvalue weighted by molar-refractivity contribution is 0.234. The summed E-state index contributed by atoms with van der Waals surface area (Å²) in [5.41, 5.74) is 7.48. The summed E-state index contributed by atoms with van der Waals surface area (Å²) in [6.07, 6.45) is 1.44. The van der Waals surface area contributed by atoms with E-state index < -0.39 is 0 Å². The van der Waals surface area contributed by atoms with Gasteiger partial charge in [-0.1, -0.05) is 23.7 Å². The van der Waals surface area contributed by atoms with Gasteiger partial charge < -0.3 is 15.8 Å². The average Bonchev–Trinajstić information content (AvgIpc) is 2.41. The lowest BCUT2D eigenvalue weighted by atomic mass is 10.2. The molecule has 0 saturated heterocycles. The van der Waals surface area contributed by atoms with Gasteiger partial charge in [-0.2, -0.15) is 4.98 Å². The highest BCUT2D eigenvalue weighted by Gasteiger charge is 2.10. The van der Waals surface area contributed by atoms with Crippen LogP contribution in [0.15, 0.2) is 30.6 Å². The summed E-state index contributed by atoms with van der Waals surface area (Å²) in [5.74, 6) is 0.958.